The number of benzene rings is 3. The largest absolute Gasteiger partial charge is 0.822 e. The molecule has 2 heterocycles. The molecule has 3 aromatic carbocycles. The van der Waals surface area contributed by atoms with E-state index >= 15 is 0 Å². The lowest BCUT2D eigenvalue weighted by Crippen LogP contribution is -2.26. The standard InChI is InChI=1S/C28H27N2.H3O4P/c1-28(2)23-15-9-11-17-25(23)29(3)26(28)19-18-22-21-14-8-10-16-24(21)30(4)27(22)20-12-6-5-7-13-20;1-5(2,3)4/h5-19H,1-4H3;(H3,1,2,3,4)/q+1;/p-3. The maximum atomic E-state index is 8.55. The Morgan fingerprint density at radius 1 is 0.857 bits per heavy atom. The van der Waals surface area contributed by atoms with E-state index in [9.17, 15) is 0 Å². The number of aromatic nitrogens is 1. The number of aryl methyl sites for hydroxylation is 1. The van der Waals surface area contributed by atoms with Gasteiger partial charge in [0.15, 0.2) is 5.71 Å². The molecule has 6 nitrogen and oxygen atoms in total. The van der Waals surface area contributed by atoms with Crippen molar-refractivity contribution >= 4 is 36.2 Å². The van der Waals surface area contributed by atoms with Crippen LogP contribution in [0.4, 0.5) is 5.69 Å². The number of phosphoric acid groups is 1. The van der Waals surface area contributed by atoms with Gasteiger partial charge in [0.25, 0.3) is 0 Å². The van der Waals surface area contributed by atoms with Crippen molar-refractivity contribution in [3.8, 4) is 11.3 Å². The van der Waals surface area contributed by atoms with Crippen LogP contribution >= 0.6 is 7.82 Å². The van der Waals surface area contributed by atoms with E-state index in [1.807, 2.05) is 0 Å². The van der Waals surface area contributed by atoms with E-state index in [-0.39, 0.29) is 5.41 Å². The molecule has 1 aliphatic heterocycles. The number of fused-ring (bicyclic) bond motifs is 2. The van der Waals surface area contributed by atoms with Crippen LogP contribution < -0.4 is 14.7 Å². The molecule has 0 bridgehead atoms. The average molecular weight is 487 g/mol. The Kier molecular flexibility index (Phi) is 6.67. The lowest BCUT2D eigenvalue weighted by molar-refractivity contribution is -0.432. The Morgan fingerprint density at radius 3 is 2.09 bits per heavy atom. The molecule has 5 rings (SSSR count). The molecule has 35 heavy (non-hydrogen) atoms. The second kappa shape index (κ2) is 9.40. The van der Waals surface area contributed by atoms with Crippen molar-refractivity contribution in [1.82, 2.24) is 4.57 Å². The fraction of sp³-hybridized carbons (Fsp3) is 0.179. The first kappa shape index (κ1) is 24.8. The number of para-hydroxylation sites is 2. The number of rotatable bonds is 3. The topological polar surface area (TPSA) is 94.2 Å². The molecule has 0 saturated heterocycles. The van der Waals surface area contributed by atoms with Crippen LogP contribution in [0.15, 0.2) is 84.9 Å². The molecule has 0 spiro atoms. The lowest BCUT2D eigenvalue weighted by Gasteiger charge is -2.36. The zero-order valence-corrected chi connectivity index (χ0v) is 21.0. The molecule has 0 unspecified atom stereocenters. The predicted octanol–water partition coefficient (Wildman–Crippen LogP) is 3.74. The molecule has 7 heteroatoms. The number of nitrogens with zero attached hydrogens (tertiary/aromatic N) is 2. The smallest absolute Gasteiger partial charge is 0.209 e. The van der Waals surface area contributed by atoms with E-state index in [4.69, 9.17) is 19.2 Å². The third-order valence-electron chi connectivity index (χ3n) is 6.54. The van der Waals surface area contributed by atoms with E-state index in [0.717, 1.165) is 0 Å². The summed E-state index contributed by atoms with van der Waals surface area (Å²) in [4.78, 5) is 25.6. The highest BCUT2D eigenvalue weighted by molar-refractivity contribution is 7.40. The summed E-state index contributed by atoms with van der Waals surface area (Å²) < 4.78 is 13.2. The number of hydrogen-bond acceptors (Lipinski definition) is 4. The summed E-state index contributed by atoms with van der Waals surface area (Å²) in [5.41, 5.74) is 8.98. The Morgan fingerprint density at radius 2 is 1.43 bits per heavy atom. The molecule has 0 fully saturated rings. The highest BCUT2D eigenvalue weighted by Crippen LogP contribution is 2.40. The highest BCUT2D eigenvalue weighted by atomic mass is 31.2. The molecule has 0 radical (unpaired) electrons. The van der Waals surface area contributed by atoms with E-state index in [1.165, 1.54) is 44.7 Å². The van der Waals surface area contributed by atoms with E-state index in [0.29, 0.717) is 0 Å². The Labute approximate surface area is 205 Å². The van der Waals surface area contributed by atoms with Gasteiger partial charge in [-0.15, -0.1) is 0 Å². The van der Waals surface area contributed by atoms with Gasteiger partial charge in [-0.1, -0.05) is 66.7 Å². The fourth-order valence-electron chi connectivity index (χ4n) is 5.00. The maximum Gasteiger partial charge on any atom is 0.209 e. The molecule has 0 atom stereocenters. The van der Waals surface area contributed by atoms with Crippen molar-refractivity contribution < 1.29 is 23.8 Å². The molecule has 0 aliphatic carbocycles. The number of hydrogen-bond donors (Lipinski definition) is 0. The van der Waals surface area contributed by atoms with Gasteiger partial charge in [-0.3, -0.25) is 0 Å². The minimum atomic E-state index is -5.39. The minimum Gasteiger partial charge on any atom is -0.822 e. The molecule has 180 valence electrons. The first-order chi connectivity index (χ1) is 16.5. The van der Waals surface area contributed by atoms with Crippen LogP contribution in [0.2, 0.25) is 0 Å². The summed E-state index contributed by atoms with van der Waals surface area (Å²) in [6.07, 6.45) is 4.62. The molecule has 0 amide bonds. The molecule has 1 aromatic heterocycles. The minimum absolute atomic E-state index is 0.0284. The van der Waals surface area contributed by atoms with Crippen molar-refractivity contribution in [1.29, 1.82) is 0 Å². The summed E-state index contributed by atoms with van der Waals surface area (Å²) in [5.74, 6) is 0. The van der Waals surface area contributed by atoms with E-state index in [2.05, 4.69) is 128 Å². The van der Waals surface area contributed by atoms with Gasteiger partial charge in [0.1, 0.15) is 7.05 Å². The third kappa shape index (κ3) is 4.93. The van der Waals surface area contributed by atoms with E-state index in [1.54, 1.807) is 0 Å². The van der Waals surface area contributed by atoms with Crippen LogP contribution in [0.3, 0.4) is 0 Å². The second-order valence-corrected chi connectivity index (χ2v) is 9.97. The fourth-order valence-corrected chi connectivity index (χ4v) is 5.00. The van der Waals surface area contributed by atoms with Crippen molar-refractivity contribution in [3.05, 3.63) is 96.1 Å². The van der Waals surface area contributed by atoms with Crippen molar-refractivity contribution in [2.45, 2.75) is 19.3 Å². The van der Waals surface area contributed by atoms with Gasteiger partial charge in [0.2, 0.25) is 5.69 Å². The molecular weight excluding hydrogens is 459 g/mol. The van der Waals surface area contributed by atoms with Crippen molar-refractivity contribution in [2.24, 2.45) is 7.05 Å². The predicted molar refractivity (Wildman–Crippen MR) is 135 cm³/mol. The zero-order valence-electron chi connectivity index (χ0n) is 20.1. The van der Waals surface area contributed by atoms with Gasteiger partial charge in [0, 0.05) is 41.2 Å². The molecule has 1 aliphatic rings. The summed E-state index contributed by atoms with van der Waals surface area (Å²) in [6.45, 7) is 4.63. The maximum absolute atomic E-state index is 8.55. The molecular formula is C28H27N2O4P-2. The van der Waals surface area contributed by atoms with Gasteiger partial charge in [-0.2, -0.15) is 12.4 Å². The van der Waals surface area contributed by atoms with Gasteiger partial charge < -0.3 is 23.8 Å². The SMILES string of the molecule is Cn1c(-c2ccccc2)c(/C=C/C2=[N+](C)c3ccccc3C2(C)C)c2ccccc21.O=P([O-])([O-])[O-]. The van der Waals surface area contributed by atoms with Crippen LogP contribution in [0.25, 0.3) is 28.2 Å². The summed E-state index contributed by atoms with van der Waals surface area (Å²) in [6, 6.07) is 28.1. The normalized spacial score (nSPS) is 14.8. The Bertz CT molecular complexity index is 1490. The summed E-state index contributed by atoms with van der Waals surface area (Å²) >= 11 is 0. The van der Waals surface area contributed by atoms with Crippen LogP contribution in [0.5, 0.6) is 0 Å². The number of allylic oxidation sites excluding steroid dienone is 1. The zero-order chi connectivity index (χ0) is 25.4. The third-order valence-corrected chi connectivity index (χ3v) is 6.54. The summed E-state index contributed by atoms with van der Waals surface area (Å²) in [7, 11) is -1.05. The van der Waals surface area contributed by atoms with Crippen LogP contribution in [0, 0.1) is 0 Å². The van der Waals surface area contributed by atoms with Crippen LogP contribution in [0.1, 0.15) is 25.0 Å². The van der Waals surface area contributed by atoms with Crippen molar-refractivity contribution in [2.75, 3.05) is 7.05 Å². The Hall–Kier alpha value is -3.28. The molecule has 4 aromatic rings. The van der Waals surface area contributed by atoms with Crippen LogP contribution in [-0.2, 0) is 17.0 Å². The molecule has 0 N–H and O–H groups in total. The highest BCUT2D eigenvalue weighted by Gasteiger charge is 2.42. The van der Waals surface area contributed by atoms with Crippen LogP contribution in [-0.4, -0.2) is 21.9 Å². The quantitative estimate of drug-likeness (QED) is 0.326. The monoisotopic (exact) mass is 486 g/mol. The average Bonchev–Trinajstić information content (AvgIpc) is 3.20. The van der Waals surface area contributed by atoms with Gasteiger partial charge >= 0.3 is 0 Å². The first-order valence-corrected chi connectivity index (χ1v) is 12.7. The van der Waals surface area contributed by atoms with Crippen molar-refractivity contribution in [3.63, 3.8) is 0 Å². The Balaban J connectivity index is 0.000000527. The van der Waals surface area contributed by atoms with E-state index < -0.39 is 7.82 Å². The van der Waals surface area contributed by atoms with Gasteiger partial charge in [-0.25, -0.2) is 0 Å². The lowest BCUT2D eigenvalue weighted by atomic mass is 9.81. The molecule has 0 saturated carbocycles. The summed E-state index contributed by atoms with van der Waals surface area (Å²) in [5, 5.41) is 1.28. The van der Waals surface area contributed by atoms with Gasteiger partial charge in [-0.05, 0) is 31.6 Å². The van der Waals surface area contributed by atoms with Gasteiger partial charge in [0.05, 0.1) is 11.1 Å². The second-order valence-electron chi connectivity index (χ2n) is 9.07. The first-order valence-electron chi connectivity index (χ1n) is 11.2.